The van der Waals surface area contributed by atoms with Crippen LogP contribution in [0.5, 0.6) is 0 Å². The molecular weight excluding hydrogens is 534 g/mol. The number of benzene rings is 7. The van der Waals surface area contributed by atoms with Gasteiger partial charge in [0.25, 0.3) is 0 Å². The highest BCUT2D eigenvalue weighted by Gasteiger charge is 2.18. The summed E-state index contributed by atoms with van der Waals surface area (Å²) in [5.74, 6) is 1.94. The Morgan fingerprint density at radius 3 is 1.48 bits per heavy atom. The predicted molar refractivity (Wildman–Crippen MR) is 182 cm³/mol. The second-order valence-corrected chi connectivity index (χ2v) is 10.9. The molecule has 0 unspecified atom stereocenters. The van der Waals surface area contributed by atoms with Crippen molar-refractivity contribution in [2.45, 2.75) is 0 Å². The summed E-state index contributed by atoms with van der Waals surface area (Å²) in [6, 6.07) is 56.9. The monoisotopic (exact) mass is 561 g/mol. The van der Waals surface area contributed by atoms with E-state index >= 15 is 0 Å². The fourth-order valence-electron chi connectivity index (χ4n) is 5.99. The second-order valence-electron chi connectivity index (χ2n) is 10.9. The molecule has 0 N–H and O–H groups in total. The Morgan fingerprint density at radius 2 is 0.773 bits per heavy atom. The molecule has 0 saturated carbocycles. The number of hydrogen-bond donors (Lipinski definition) is 0. The number of aromatic nitrogens is 3. The van der Waals surface area contributed by atoms with Crippen LogP contribution in [0, 0.1) is 0 Å². The molecule has 0 amide bonds. The van der Waals surface area contributed by atoms with Crippen LogP contribution in [-0.2, 0) is 0 Å². The molecule has 0 atom stereocenters. The molecule has 0 bridgehead atoms. The first-order valence-electron chi connectivity index (χ1n) is 14.8. The van der Waals surface area contributed by atoms with E-state index in [1.54, 1.807) is 0 Å². The Morgan fingerprint density at radius 1 is 0.273 bits per heavy atom. The van der Waals surface area contributed by atoms with Gasteiger partial charge in [-0.2, -0.15) is 0 Å². The minimum absolute atomic E-state index is 0.644. The van der Waals surface area contributed by atoms with Crippen LogP contribution in [0.15, 0.2) is 164 Å². The maximum absolute atomic E-state index is 5.12. The zero-order valence-electron chi connectivity index (χ0n) is 23.9. The van der Waals surface area contributed by atoms with Crippen LogP contribution in [0.3, 0.4) is 0 Å². The summed E-state index contributed by atoms with van der Waals surface area (Å²) < 4.78 is 0. The lowest BCUT2D eigenvalue weighted by Crippen LogP contribution is -2.01. The lowest BCUT2D eigenvalue weighted by atomic mass is 9.93. The topological polar surface area (TPSA) is 38.7 Å². The highest BCUT2D eigenvalue weighted by atomic mass is 15.0. The molecule has 0 aliphatic rings. The number of hydrogen-bond acceptors (Lipinski definition) is 3. The summed E-state index contributed by atoms with van der Waals surface area (Å²) in [5.41, 5.74) is 7.48. The van der Waals surface area contributed by atoms with Crippen molar-refractivity contribution in [3.63, 3.8) is 0 Å². The molecule has 0 fully saturated rings. The highest BCUT2D eigenvalue weighted by molar-refractivity contribution is 6.03. The highest BCUT2D eigenvalue weighted by Crippen LogP contribution is 2.38. The van der Waals surface area contributed by atoms with Gasteiger partial charge in [0.05, 0.1) is 0 Å². The van der Waals surface area contributed by atoms with Crippen molar-refractivity contribution in [3.05, 3.63) is 164 Å². The zero-order valence-corrected chi connectivity index (χ0v) is 23.9. The van der Waals surface area contributed by atoms with Gasteiger partial charge < -0.3 is 0 Å². The first kappa shape index (κ1) is 25.8. The maximum atomic E-state index is 5.12. The van der Waals surface area contributed by atoms with E-state index < -0.39 is 0 Å². The summed E-state index contributed by atoms with van der Waals surface area (Å²) in [6.45, 7) is 0. The van der Waals surface area contributed by atoms with Gasteiger partial charge >= 0.3 is 0 Å². The summed E-state index contributed by atoms with van der Waals surface area (Å²) in [6.07, 6.45) is 0. The SMILES string of the molecule is c1ccc(-c2nc(-c3ccc(-c4cccc5ccccc45)cc3)nc(-c3ccc4ccccc4c3-c3ccccc3)n2)cc1. The summed E-state index contributed by atoms with van der Waals surface area (Å²) in [5, 5.41) is 4.81. The molecule has 0 saturated heterocycles. The van der Waals surface area contributed by atoms with Crippen molar-refractivity contribution < 1.29 is 0 Å². The predicted octanol–water partition coefficient (Wildman–Crippen LogP) is 10.5. The van der Waals surface area contributed by atoms with Crippen LogP contribution in [0.25, 0.3) is 78.0 Å². The number of nitrogens with zero attached hydrogens (tertiary/aromatic N) is 3. The standard InChI is InChI=1S/C41H27N3/c1-3-14-31(15-4-1)38-36-20-10-8-13-29(36)26-27-37(38)41-43-39(32-16-5-2-6-17-32)42-40(44-41)33-24-22-30(23-25-33)35-21-11-18-28-12-7-9-19-34(28)35/h1-27H. The zero-order chi connectivity index (χ0) is 29.3. The van der Waals surface area contributed by atoms with Crippen LogP contribution in [0.2, 0.25) is 0 Å². The average molecular weight is 562 g/mol. The van der Waals surface area contributed by atoms with E-state index in [1.165, 1.54) is 27.1 Å². The van der Waals surface area contributed by atoms with E-state index in [2.05, 4.69) is 127 Å². The van der Waals surface area contributed by atoms with Crippen molar-refractivity contribution >= 4 is 21.5 Å². The van der Waals surface area contributed by atoms with E-state index in [-0.39, 0.29) is 0 Å². The Balaban J connectivity index is 1.31. The molecule has 3 heteroatoms. The van der Waals surface area contributed by atoms with Crippen LogP contribution >= 0.6 is 0 Å². The molecule has 3 nitrogen and oxygen atoms in total. The largest absolute Gasteiger partial charge is 0.208 e. The summed E-state index contributed by atoms with van der Waals surface area (Å²) in [7, 11) is 0. The van der Waals surface area contributed by atoms with E-state index in [4.69, 9.17) is 15.0 Å². The van der Waals surface area contributed by atoms with Crippen LogP contribution in [-0.4, -0.2) is 15.0 Å². The molecule has 0 spiro atoms. The molecule has 8 rings (SSSR count). The minimum atomic E-state index is 0.644. The van der Waals surface area contributed by atoms with Crippen molar-refractivity contribution in [3.8, 4) is 56.4 Å². The van der Waals surface area contributed by atoms with Gasteiger partial charge in [0.1, 0.15) is 0 Å². The van der Waals surface area contributed by atoms with Crippen LogP contribution in [0.4, 0.5) is 0 Å². The number of rotatable bonds is 5. The van der Waals surface area contributed by atoms with E-state index in [0.29, 0.717) is 17.5 Å². The first-order chi connectivity index (χ1) is 21.8. The quantitative estimate of drug-likeness (QED) is 0.210. The van der Waals surface area contributed by atoms with Gasteiger partial charge in [0, 0.05) is 22.3 Å². The molecule has 7 aromatic carbocycles. The van der Waals surface area contributed by atoms with Gasteiger partial charge in [-0.3, -0.25) is 0 Å². The Labute approximate surface area is 256 Å². The van der Waals surface area contributed by atoms with Crippen molar-refractivity contribution in [1.29, 1.82) is 0 Å². The van der Waals surface area contributed by atoms with Crippen molar-refractivity contribution in [1.82, 2.24) is 15.0 Å². The van der Waals surface area contributed by atoms with Gasteiger partial charge in [-0.05, 0) is 44.3 Å². The molecular formula is C41H27N3. The van der Waals surface area contributed by atoms with E-state index in [0.717, 1.165) is 33.4 Å². The molecule has 0 aliphatic heterocycles. The molecule has 1 heterocycles. The molecule has 44 heavy (non-hydrogen) atoms. The first-order valence-corrected chi connectivity index (χ1v) is 14.8. The fourth-order valence-corrected chi connectivity index (χ4v) is 5.99. The summed E-state index contributed by atoms with van der Waals surface area (Å²) >= 11 is 0. The van der Waals surface area contributed by atoms with Crippen molar-refractivity contribution in [2.24, 2.45) is 0 Å². The minimum Gasteiger partial charge on any atom is -0.208 e. The lowest BCUT2D eigenvalue weighted by Gasteiger charge is -2.15. The summed E-state index contributed by atoms with van der Waals surface area (Å²) in [4.78, 5) is 15.2. The third-order valence-electron chi connectivity index (χ3n) is 8.14. The lowest BCUT2D eigenvalue weighted by molar-refractivity contribution is 1.07. The number of fused-ring (bicyclic) bond motifs is 2. The van der Waals surface area contributed by atoms with Gasteiger partial charge in [0.2, 0.25) is 0 Å². The van der Waals surface area contributed by atoms with E-state index in [9.17, 15) is 0 Å². The Kier molecular flexibility index (Phi) is 6.47. The fraction of sp³-hybridized carbons (Fsp3) is 0. The molecule has 0 aliphatic carbocycles. The Hall–Kier alpha value is -5.93. The third kappa shape index (κ3) is 4.71. The van der Waals surface area contributed by atoms with Gasteiger partial charge in [0.15, 0.2) is 17.5 Å². The van der Waals surface area contributed by atoms with Gasteiger partial charge in [-0.15, -0.1) is 0 Å². The normalized spacial score (nSPS) is 11.2. The van der Waals surface area contributed by atoms with Gasteiger partial charge in [-0.1, -0.05) is 158 Å². The van der Waals surface area contributed by atoms with Crippen LogP contribution in [0.1, 0.15) is 0 Å². The molecule has 8 aromatic rings. The van der Waals surface area contributed by atoms with Crippen LogP contribution < -0.4 is 0 Å². The van der Waals surface area contributed by atoms with E-state index in [1.807, 2.05) is 36.4 Å². The smallest absolute Gasteiger partial charge is 0.164 e. The average Bonchev–Trinajstić information content (AvgIpc) is 3.11. The molecule has 0 radical (unpaired) electrons. The van der Waals surface area contributed by atoms with Gasteiger partial charge in [-0.25, -0.2) is 15.0 Å². The Bertz CT molecular complexity index is 2250. The molecule has 206 valence electrons. The van der Waals surface area contributed by atoms with Crippen molar-refractivity contribution in [2.75, 3.05) is 0 Å². The second kappa shape index (κ2) is 11.0. The molecule has 1 aromatic heterocycles. The maximum Gasteiger partial charge on any atom is 0.164 e. The third-order valence-corrected chi connectivity index (χ3v) is 8.14.